The smallest absolute Gasteiger partial charge is 0.227 e. The molecule has 1 saturated heterocycles. The van der Waals surface area contributed by atoms with Gasteiger partial charge in [0.1, 0.15) is 5.82 Å². The van der Waals surface area contributed by atoms with Crippen molar-refractivity contribution in [2.75, 3.05) is 43.4 Å². The van der Waals surface area contributed by atoms with E-state index in [4.69, 9.17) is 0 Å². The molecule has 0 unspecified atom stereocenters. The van der Waals surface area contributed by atoms with E-state index in [-0.39, 0.29) is 0 Å². The van der Waals surface area contributed by atoms with Crippen molar-refractivity contribution >= 4 is 28.7 Å². The highest BCUT2D eigenvalue weighted by Gasteiger charge is 2.15. The van der Waals surface area contributed by atoms with Crippen LogP contribution in [-0.2, 0) is 0 Å². The van der Waals surface area contributed by atoms with Gasteiger partial charge in [0.15, 0.2) is 5.65 Å². The van der Waals surface area contributed by atoms with Crippen LogP contribution in [0.25, 0.3) is 11.2 Å². The molecular weight excluding hydrogens is 414 g/mol. The van der Waals surface area contributed by atoms with E-state index in [1.54, 1.807) is 12.4 Å². The van der Waals surface area contributed by atoms with Gasteiger partial charge in [0.2, 0.25) is 5.95 Å². The Morgan fingerprint density at radius 2 is 1.76 bits per heavy atom. The highest BCUT2D eigenvalue weighted by Crippen LogP contribution is 2.24. The van der Waals surface area contributed by atoms with E-state index < -0.39 is 0 Å². The van der Waals surface area contributed by atoms with Crippen LogP contribution in [0.3, 0.4) is 0 Å². The Morgan fingerprint density at radius 1 is 0.939 bits per heavy atom. The number of piperazine rings is 1. The highest BCUT2D eigenvalue weighted by molar-refractivity contribution is 5.77. The van der Waals surface area contributed by atoms with Crippen LogP contribution in [0.1, 0.15) is 22.6 Å². The minimum Gasteiger partial charge on any atom is -0.354 e. The van der Waals surface area contributed by atoms with Gasteiger partial charge in [0, 0.05) is 43.5 Å². The number of imidazole rings is 1. The summed E-state index contributed by atoms with van der Waals surface area (Å²) in [5.74, 6) is 1.52. The van der Waals surface area contributed by atoms with Crippen molar-refractivity contribution in [2.24, 2.45) is 0 Å². The van der Waals surface area contributed by atoms with Crippen LogP contribution in [0.4, 0.5) is 17.5 Å². The Labute approximate surface area is 192 Å². The summed E-state index contributed by atoms with van der Waals surface area (Å²) >= 11 is 0. The van der Waals surface area contributed by atoms with Crippen LogP contribution in [0.5, 0.6) is 0 Å². The molecule has 1 fully saturated rings. The number of fused-ring (bicyclic) bond motifs is 1. The first kappa shape index (κ1) is 21.0. The fourth-order valence-electron chi connectivity index (χ4n) is 3.92. The lowest BCUT2D eigenvalue weighted by Crippen LogP contribution is -2.44. The van der Waals surface area contributed by atoms with Gasteiger partial charge in [0.25, 0.3) is 0 Å². The maximum atomic E-state index is 4.66. The second-order valence-corrected chi connectivity index (χ2v) is 8.38. The minimum absolute atomic E-state index is 0.520. The lowest BCUT2D eigenvalue weighted by atomic mass is 10.1. The summed E-state index contributed by atoms with van der Waals surface area (Å²) < 4.78 is 1.81. The third kappa shape index (κ3) is 4.27. The molecule has 1 aliphatic rings. The van der Waals surface area contributed by atoms with Gasteiger partial charge in [-0.1, -0.05) is 6.58 Å². The monoisotopic (exact) mass is 441 g/mol. The van der Waals surface area contributed by atoms with Crippen LogP contribution in [-0.4, -0.2) is 67.7 Å². The molecule has 4 aromatic rings. The van der Waals surface area contributed by atoms with Gasteiger partial charge in [-0.15, -0.1) is 0 Å². The number of anilines is 3. The standard InChI is InChI=1S/C24H27N9/c1-16-13-25-23-8-6-21(30-33(16)23)17(2)20-15-27-24(28-18(20)3)29-19-5-7-22(26-14-19)32-11-9-31(4)10-12-32/h5-8,13-15H,2,9-12H2,1,3-4H3,(H,27,28,29). The SMILES string of the molecule is C=C(c1ccc2ncc(C)n2n1)c1cnc(Nc2ccc(N3CCN(C)CC3)nc2)nc1C. The average molecular weight is 442 g/mol. The quantitative estimate of drug-likeness (QED) is 0.506. The van der Waals surface area contributed by atoms with E-state index in [1.807, 2.05) is 48.8 Å². The van der Waals surface area contributed by atoms with E-state index in [9.17, 15) is 0 Å². The number of pyridine rings is 1. The first-order chi connectivity index (χ1) is 16.0. The maximum Gasteiger partial charge on any atom is 0.227 e. The van der Waals surface area contributed by atoms with Gasteiger partial charge >= 0.3 is 0 Å². The van der Waals surface area contributed by atoms with Gasteiger partial charge < -0.3 is 15.1 Å². The fourth-order valence-corrected chi connectivity index (χ4v) is 3.92. The predicted octanol–water partition coefficient (Wildman–Crippen LogP) is 3.09. The second kappa shape index (κ2) is 8.59. The van der Waals surface area contributed by atoms with Gasteiger partial charge in [-0.05, 0) is 45.2 Å². The number of aromatic nitrogens is 6. The van der Waals surface area contributed by atoms with Crippen LogP contribution in [0.2, 0.25) is 0 Å². The predicted molar refractivity (Wildman–Crippen MR) is 130 cm³/mol. The van der Waals surface area contributed by atoms with Crippen molar-refractivity contribution in [2.45, 2.75) is 13.8 Å². The lowest BCUT2D eigenvalue weighted by Gasteiger charge is -2.33. The summed E-state index contributed by atoms with van der Waals surface area (Å²) in [7, 11) is 2.15. The molecule has 168 valence electrons. The summed E-state index contributed by atoms with van der Waals surface area (Å²) in [6.07, 6.45) is 5.41. The number of hydrogen-bond acceptors (Lipinski definition) is 8. The summed E-state index contributed by atoms with van der Waals surface area (Å²) in [4.78, 5) is 22.7. The molecule has 0 aromatic carbocycles. The van der Waals surface area contributed by atoms with E-state index in [0.29, 0.717) is 5.95 Å². The van der Waals surface area contributed by atoms with E-state index in [0.717, 1.165) is 71.5 Å². The molecule has 0 radical (unpaired) electrons. The molecular formula is C24H27N9. The largest absolute Gasteiger partial charge is 0.354 e. The maximum absolute atomic E-state index is 4.66. The third-order valence-corrected chi connectivity index (χ3v) is 5.98. The summed E-state index contributed by atoms with van der Waals surface area (Å²) in [6.45, 7) is 12.2. The third-order valence-electron chi connectivity index (χ3n) is 5.98. The van der Waals surface area contributed by atoms with Crippen LogP contribution >= 0.6 is 0 Å². The van der Waals surface area contributed by atoms with E-state index in [2.05, 4.69) is 53.8 Å². The van der Waals surface area contributed by atoms with Crippen molar-refractivity contribution in [3.8, 4) is 0 Å². The molecule has 5 rings (SSSR count). The van der Waals surface area contributed by atoms with Crippen molar-refractivity contribution in [3.63, 3.8) is 0 Å². The zero-order valence-electron chi connectivity index (χ0n) is 19.2. The molecule has 0 amide bonds. The Morgan fingerprint density at radius 3 is 2.48 bits per heavy atom. The molecule has 1 N–H and O–H groups in total. The first-order valence-electron chi connectivity index (χ1n) is 11.0. The first-order valence-corrected chi connectivity index (χ1v) is 11.0. The van der Waals surface area contributed by atoms with Gasteiger partial charge in [0.05, 0.1) is 35.2 Å². The number of likely N-dealkylation sites (N-methyl/N-ethyl adjacent to an activating group) is 1. The molecule has 0 aliphatic carbocycles. The number of aryl methyl sites for hydroxylation is 2. The Balaban J connectivity index is 1.30. The van der Waals surface area contributed by atoms with Crippen LogP contribution in [0.15, 0.2) is 49.4 Å². The molecule has 33 heavy (non-hydrogen) atoms. The molecule has 0 spiro atoms. The Hall–Kier alpha value is -3.85. The topological polar surface area (TPSA) is 87.4 Å². The van der Waals surface area contributed by atoms with E-state index in [1.165, 1.54) is 0 Å². The zero-order chi connectivity index (χ0) is 22.9. The number of nitrogens with one attached hydrogen (secondary N) is 1. The summed E-state index contributed by atoms with van der Waals surface area (Å²) in [5, 5.41) is 7.91. The van der Waals surface area contributed by atoms with Crippen molar-refractivity contribution in [3.05, 3.63) is 72.1 Å². The molecule has 9 nitrogen and oxygen atoms in total. The van der Waals surface area contributed by atoms with Crippen LogP contribution in [0, 0.1) is 13.8 Å². The molecule has 0 atom stereocenters. The molecule has 0 saturated carbocycles. The highest BCUT2D eigenvalue weighted by atomic mass is 15.3. The Bertz CT molecular complexity index is 1300. The van der Waals surface area contributed by atoms with Gasteiger partial charge in [-0.2, -0.15) is 5.10 Å². The van der Waals surface area contributed by atoms with E-state index >= 15 is 0 Å². The lowest BCUT2D eigenvalue weighted by molar-refractivity contribution is 0.312. The van der Waals surface area contributed by atoms with Crippen LogP contribution < -0.4 is 10.2 Å². The van der Waals surface area contributed by atoms with Gasteiger partial charge in [-0.25, -0.2) is 24.5 Å². The number of nitrogens with zero attached hydrogens (tertiary/aromatic N) is 8. The second-order valence-electron chi connectivity index (χ2n) is 8.38. The van der Waals surface area contributed by atoms with Crippen molar-refractivity contribution in [1.82, 2.24) is 34.4 Å². The fraction of sp³-hybridized carbons (Fsp3) is 0.292. The molecule has 5 heterocycles. The normalized spacial score (nSPS) is 14.6. The molecule has 9 heteroatoms. The molecule has 1 aliphatic heterocycles. The number of hydrogen-bond donors (Lipinski definition) is 1. The van der Waals surface area contributed by atoms with Crippen molar-refractivity contribution < 1.29 is 0 Å². The summed E-state index contributed by atoms with van der Waals surface area (Å²) in [5.41, 5.74) is 5.84. The molecule has 0 bridgehead atoms. The zero-order valence-corrected chi connectivity index (χ0v) is 19.2. The minimum atomic E-state index is 0.520. The van der Waals surface area contributed by atoms with Gasteiger partial charge in [-0.3, -0.25) is 0 Å². The van der Waals surface area contributed by atoms with Crippen molar-refractivity contribution in [1.29, 1.82) is 0 Å². The Kier molecular flexibility index (Phi) is 5.47. The molecule has 4 aromatic heterocycles. The average Bonchev–Trinajstić information content (AvgIpc) is 3.20. The summed E-state index contributed by atoms with van der Waals surface area (Å²) in [6, 6.07) is 7.91. The number of rotatable bonds is 5.